The molecule has 2 N–H and O–H groups in total. The quantitative estimate of drug-likeness (QED) is 0.905. The van der Waals surface area contributed by atoms with E-state index in [2.05, 4.69) is 10.6 Å². The van der Waals surface area contributed by atoms with Crippen molar-refractivity contribution in [3.63, 3.8) is 0 Å². The molecular formula is C16H14ClFN2O. The summed E-state index contributed by atoms with van der Waals surface area (Å²) >= 11 is 6.17. The first-order chi connectivity index (χ1) is 10.1. The van der Waals surface area contributed by atoms with E-state index in [0.29, 0.717) is 16.3 Å². The summed E-state index contributed by atoms with van der Waals surface area (Å²) in [5.74, 6) is -0.544. The van der Waals surface area contributed by atoms with Gasteiger partial charge in [-0.1, -0.05) is 29.8 Å². The Morgan fingerprint density at radius 3 is 2.81 bits per heavy atom. The maximum Gasteiger partial charge on any atom is 0.246 e. The Labute approximate surface area is 127 Å². The third-order valence-electron chi connectivity index (χ3n) is 3.63. The second-order valence-corrected chi connectivity index (χ2v) is 5.47. The number of carbonyl (C=O) groups is 1. The zero-order valence-corrected chi connectivity index (χ0v) is 12.1. The lowest BCUT2D eigenvalue weighted by Gasteiger charge is -2.19. The molecule has 0 aliphatic carbocycles. The molecule has 2 aromatic carbocycles. The molecule has 0 bridgehead atoms. The van der Waals surface area contributed by atoms with Crippen molar-refractivity contribution < 1.29 is 9.18 Å². The van der Waals surface area contributed by atoms with E-state index >= 15 is 0 Å². The molecule has 2 unspecified atom stereocenters. The van der Waals surface area contributed by atoms with Crippen LogP contribution in [-0.4, -0.2) is 5.91 Å². The number of carbonyl (C=O) groups excluding carboxylic acids is 1. The van der Waals surface area contributed by atoms with Crippen LogP contribution in [0.2, 0.25) is 5.02 Å². The van der Waals surface area contributed by atoms with E-state index in [1.54, 1.807) is 12.1 Å². The van der Waals surface area contributed by atoms with Gasteiger partial charge in [-0.15, -0.1) is 0 Å². The maximum absolute atomic E-state index is 13.4. The number of amides is 1. The van der Waals surface area contributed by atoms with Gasteiger partial charge < -0.3 is 5.32 Å². The average molecular weight is 305 g/mol. The number of anilines is 1. The van der Waals surface area contributed by atoms with Crippen molar-refractivity contribution in [3.05, 3.63) is 64.4 Å². The van der Waals surface area contributed by atoms with E-state index < -0.39 is 6.04 Å². The van der Waals surface area contributed by atoms with E-state index in [0.717, 1.165) is 5.56 Å². The molecule has 108 valence electrons. The summed E-state index contributed by atoms with van der Waals surface area (Å²) in [5, 5.41) is 6.59. The molecule has 0 aromatic heterocycles. The minimum Gasteiger partial charge on any atom is -0.324 e. The molecule has 0 fully saturated rings. The number of fused-ring (bicyclic) bond motifs is 1. The van der Waals surface area contributed by atoms with E-state index in [1.807, 2.05) is 25.1 Å². The number of hydrogen-bond donors (Lipinski definition) is 2. The first-order valence-corrected chi connectivity index (χ1v) is 7.05. The van der Waals surface area contributed by atoms with Crippen LogP contribution in [0.1, 0.15) is 30.1 Å². The van der Waals surface area contributed by atoms with Gasteiger partial charge in [0.05, 0.1) is 0 Å². The number of rotatable bonds is 3. The molecule has 1 aliphatic rings. The van der Waals surface area contributed by atoms with Crippen molar-refractivity contribution >= 4 is 23.2 Å². The van der Waals surface area contributed by atoms with Crippen LogP contribution in [0.25, 0.3) is 0 Å². The van der Waals surface area contributed by atoms with Gasteiger partial charge in [0, 0.05) is 22.3 Å². The van der Waals surface area contributed by atoms with E-state index in [9.17, 15) is 9.18 Å². The Morgan fingerprint density at radius 2 is 2.05 bits per heavy atom. The highest BCUT2D eigenvalue weighted by Gasteiger charge is 2.32. The number of hydrogen-bond acceptors (Lipinski definition) is 2. The van der Waals surface area contributed by atoms with Gasteiger partial charge in [0.1, 0.15) is 11.9 Å². The van der Waals surface area contributed by atoms with Gasteiger partial charge in [-0.25, -0.2) is 4.39 Å². The molecule has 1 amide bonds. The predicted molar refractivity (Wildman–Crippen MR) is 80.8 cm³/mol. The molecule has 21 heavy (non-hydrogen) atoms. The Hall–Kier alpha value is -1.91. The van der Waals surface area contributed by atoms with Gasteiger partial charge in [0.15, 0.2) is 0 Å². The minimum absolute atomic E-state index is 0.135. The van der Waals surface area contributed by atoms with Crippen LogP contribution >= 0.6 is 11.6 Å². The highest BCUT2D eigenvalue weighted by Crippen LogP contribution is 2.33. The molecule has 0 radical (unpaired) electrons. The fourth-order valence-corrected chi connectivity index (χ4v) is 2.86. The summed E-state index contributed by atoms with van der Waals surface area (Å²) in [5.41, 5.74) is 2.17. The van der Waals surface area contributed by atoms with E-state index in [4.69, 9.17) is 11.6 Å². The average Bonchev–Trinajstić information content (AvgIpc) is 2.75. The third-order valence-corrected chi connectivity index (χ3v) is 3.98. The molecule has 2 atom stereocenters. The van der Waals surface area contributed by atoms with Gasteiger partial charge >= 0.3 is 0 Å². The molecular weight excluding hydrogens is 291 g/mol. The summed E-state index contributed by atoms with van der Waals surface area (Å²) in [6, 6.07) is 11.0. The summed E-state index contributed by atoms with van der Waals surface area (Å²) in [6.45, 7) is 1.92. The van der Waals surface area contributed by atoms with Gasteiger partial charge in [-0.05, 0) is 36.8 Å². The van der Waals surface area contributed by atoms with Crippen LogP contribution in [0.4, 0.5) is 10.1 Å². The Morgan fingerprint density at radius 1 is 1.29 bits per heavy atom. The lowest BCUT2D eigenvalue weighted by Crippen LogP contribution is -2.30. The fourth-order valence-electron chi connectivity index (χ4n) is 2.56. The predicted octanol–water partition coefficient (Wildman–Crippen LogP) is 3.82. The summed E-state index contributed by atoms with van der Waals surface area (Å²) < 4.78 is 13.4. The number of benzene rings is 2. The smallest absolute Gasteiger partial charge is 0.246 e. The zero-order valence-electron chi connectivity index (χ0n) is 11.4. The first kappa shape index (κ1) is 14.0. The van der Waals surface area contributed by atoms with E-state index in [-0.39, 0.29) is 17.8 Å². The van der Waals surface area contributed by atoms with Crippen LogP contribution in [0.15, 0.2) is 42.5 Å². The Balaban J connectivity index is 1.87. The molecule has 1 aliphatic heterocycles. The van der Waals surface area contributed by atoms with Crippen LogP contribution in [0, 0.1) is 5.82 Å². The second-order valence-electron chi connectivity index (χ2n) is 5.06. The first-order valence-electron chi connectivity index (χ1n) is 6.67. The lowest BCUT2D eigenvalue weighted by atomic mass is 10.0. The van der Waals surface area contributed by atoms with Gasteiger partial charge in [0.2, 0.25) is 5.91 Å². The van der Waals surface area contributed by atoms with Crippen molar-refractivity contribution in [1.29, 1.82) is 0 Å². The molecule has 0 spiro atoms. The van der Waals surface area contributed by atoms with Crippen molar-refractivity contribution in [3.8, 4) is 0 Å². The Kier molecular flexibility index (Phi) is 3.66. The zero-order chi connectivity index (χ0) is 15.0. The van der Waals surface area contributed by atoms with Crippen molar-refractivity contribution in [2.75, 3.05) is 5.32 Å². The van der Waals surface area contributed by atoms with Gasteiger partial charge in [-0.3, -0.25) is 10.1 Å². The highest BCUT2D eigenvalue weighted by molar-refractivity contribution is 6.31. The monoisotopic (exact) mass is 304 g/mol. The molecule has 0 saturated carbocycles. The maximum atomic E-state index is 13.4. The molecule has 2 aromatic rings. The topological polar surface area (TPSA) is 41.1 Å². The van der Waals surface area contributed by atoms with Crippen LogP contribution < -0.4 is 10.6 Å². The van der Waals surface area contributed by atoms with Gasteiger partial charge in [-0.2, -0.15) is 0 Å². The van der Waals surface area contributed by atoms with Gasteiger partial charge in [0.25, 0.3) is 0 Å². The standard InChI is InChI=1S/C16H14ClFN2O/c1-9(11-4-2-3-5-13(11)17)19-15-12-8-10(18)6-7-14(12)20-16(15)21/h2-9,15,19H,1H3,(H,20,21). The summed E-state index contributed by atoms with van der Waals surface area (Å²) in [7, 11) is 0. The Bertz CT molecular complexity index is 704. The summed E-state index contributed by atoms with van der Waals surface area (Å²) in [4.78, 5) is 12.1. The van der Waals surface area contributed by atoms with Crippen LogP contribution in [-0.2, 0) is 4.79 Å². The summed E-state index contributed by atoms with van der Waals surface area (Å²) in [6.07, 6.45) is 0. The second kappa shape index (κ2) is 5.47. The van der Waals surface area contributed by atoms with Crippen molar-refractivity contribution in [2.24, 2.45) is 0 Å². The molecule has 5 heteroatoms. The molecule has 3 rings (SSSR count). The van der Waals surface area contributed by atoms with Crippen molar-refractivity contribution in [1.82, 2.24) is 5.32 Å². The molecule has 0 saturated heterocycles. The fraction of sp³-hybridized carbons (Fsp3) is 0.188. The SMILES string of the molecule is CC(NC1C(=O)Nc2ccc(F)cc21)c1ccccc1Cl. The number of nitrogens with one attached hydrogen (secondary N) is 2. The minimum atomic E-state index is -0.582. The van der Waals surface area contributed by atoms with Crippen molar-refractivity contribution in [2.45, 2.75) is 19.0 Å². The highest BCUT2D eigenvalue weighted by atomic mass is 35.5. The lowest BCUT2D eigenvalue weighted by molar-refractivity contribution is -0.117. The molecule has 3 nitrogen and oxygen atoms in total. The van der Waals surface area contributed by atoms with E-state index in [1.165, 1.54) is 12.1 Å². The largest absolute Gasteiger partial charge is 0.324 e. The number of halogens is 2. The third kappa shape index (κ3) is 2.64. The molecule has 1 heterocycles. The normalized spacial score (nSPS) is 18.2. The van der Waals surface area contributed by atoms with Crippen LogP contribution in [0.5, 0.6) is 0 Å². The van der Waals surface area contributed by atoms with Crippen LogP contribution in [0.3, 0.4) is 0 Å².